The smallest absolute Gasteiger partial charge is 0.336 e. The summed E-state index contributed by atoms with van der Waals surface area (Å²) in [6.45, 7) is 2.25. The SMILES string of the molecule is CC1N(CCBr)C([N+](=O)[O-])=CN1C1N=C(c2ccccc2)c2cc(Cl)ccc2N(C)C1=O. The predicted molar refractivity (Wildman–Crippen MR) is 128 cm³/mol. The van der Waals surface area contributed by atoms with Gasteiger partial charge >= 0.3 is 5.82 Å². The van der Waals surface area contributed by atoms with Crippen LogP contribution in [0.5, 0.6) is 0 Å². The van der Waals surface area contributed by atoms with E-state index in [0.717, 1.165) is 11.1 Å². The summed E-state index contributed by atoms with van der Waals surface area (Å²) in [5.41, 5.74) is 2.83. The first-order chi connectivity index (χ1) is 15.3. The largest absolute Gasteiger partial charge is 0.358 e. The first-order valence-corrected chi connectivity index (χ1v) is 11.5. The summed E-state index contributed by atoms with van der Waals surface area (Å²) < 4.78 is 0. The maximum Gasteiger partial charge on any atom is 0.336 e. The van der Waals surface area contributed by atoms with Gasteiger partial charge in [-0.2, -0.15) is 0 Å². The van der Waals surface area contributed by atoms with Gasteiger partial charge in [0.15, 0.2) is 6.17 Å². The van der Waals surface area contributed by atoms with E-state index in [1.54, 1.807) is 35.0 Å². The molecule has 166 valence electrons. The van der Waals surface area contributed by atoms with Gasteiger partial charge in [-0.1, -0.05) is 57.9 Å². The second-order valence-corrected chi connectivity index (χ2v) is 8.71. The molecule has 0 saturated carbocycles. The van der Waals surface area contributed by atoms with Crippen LogP contribution < -0.4 is 4.90 Å². The Labute approximate surface area is 199 Å². The van der Waals surface area contributed by atoms with E-state index < -0.39 is 17.3 Å². The number of nitro groups is 1. The van der Waals surface area contributed by atoms with Crippen LogP contribution in [0.4, 0.5) is 5.69 Å². The van der Waals surface area contributed by atoms with Gasteiger partial charge in [0.25, 0.3) is 5.91 Å². The molecule has 0 spiro atoms. The van der Waals surface area contributed by atoms with Crippen molar-refractivity contribution >= 4 is 44.8 Å². The van der Waals surface area contributed by atoms with Crippen LogP contribution in [0.3, 0.4) is 0 Å². The number of benzodiazepines with no additional fused rings is 1. The lowest BCUT2D eigenvalue weighted by molar-refractivity contribution is -0.445. The first kappa shape index (κ1) is 22.3. The van der Waals surface area contributed by atoms with Crippen LogP contribution in [0.15, 0.2) is 65.5 Å². The number of halogens is 2. The summed E-state index contributed by atoms with van der Waals surface area (Å²) in [5, 5.41) is 12.8. The fourth-order valence-electron chi connectivity index (χ4n) is 4.04. The molecule has 0 bridgehead atoms. The Kier molecular flexibility index (Phi) is 6.21. The van der Waals surface area contributed by atoms with Gasteiger partial charge in [0.05, 0.1) is 24.1 Å². The number of benzene rings is 2. The quantitative estimate of drug-likeness (QED) is 0.340. The Morgan fingerprint density at radius 2 is 1.94 bits per heavy atom. The van der Waals surface area contributed by atoms with Crippen LogP contribution in [0.25, 0.3) is 0 Å². The van der Waals surface area contributed by atoms with Crippen molar-refractivity contribution in [1.82, 2.24) is 9.80 Å². The molecule has 2 aromatic rings. The third-order valence-electron chi connectivity index (χ3n) is 5.66. The molecule has 0 N–H and O–H groups in total. The van der Waals surface area contributed by atoms with Gasteiger partial charge in [0.1, 0.15) is 0 Å². The average Bonchev–Trinajstić information content (AvgIpc) is 3.05. The fourth-order valence-corrected chi connectivity index (χ4v) is 4.59. The van der Waals surface area contributed by atoms with E-state index in [1.807, 2.05) is 37.3 Å². The normalized spacial score (nSPS) is 20.6. The molecule has 32 heavy (non-hydrogen) atoms. The third kappa shape index (κ3) is 3.86. The van der Waals surface area contributed by atoms with Gasteiger partial charge in [0, 0.05) is 28.5 Å². The molecule has 2 unspecified atom stereocenters. The molecule has 0 fully saturated rings. The van der Waals surface area contributed by atoms with Crippen LogP contribution in [-0.4, -0.2) is 57.6 Å². The second-order valence-electron chi connectivity index (χ2n) is 7.48. The number of carbonyl (C=O) groups excluding carboxylic acids is 1. The molecule has 0 aromatic heterocycles. The van der Waals surface area contributed by atoms with Crippen molar-refractivity contribution in [3.63, 3.8) is 0 Å². The monoisotopic (exact) mass is 517 g/mol. The number of carbonyl (C=O) groups is 1. The number of nitrogens with zero attached hydrogens (tertiary/aromatic N) is 5. The molecule has 2 atom stereocenters. The third-order valence-corrected chi connectivity index (χ3v) is 6.25. The fraction of sp³-hybridized carbons (Fsp3) is 0.273. The molecule has 1 amide bonds. The zero-order valence-electron chi connectivity index (χ0n) is 17.5. The second kappa shape index (κ2) is 8.91. The summed E-state index contributed by atoms with van der Waals surface area (Å²) in [6, 6.07) is 14.8. The van der Waals surface area contributed by atoms with Gasteiger partial charge in [-0.05, 0) is 30.0 Å². The first-order valence-electron chi connectivity index (χ1n) is 10.0. The van der Waals surface area contributed by atoms with Crippen LogP contribution in [0.2, 0.25) is 5.02 Å². The molecule has 8 nitrogen and oxygen atoms in total. The molecule has 2 aromatic carbocycles. The molecule has 0 saturated heterocycles. The Morgan fingerprint density at radius 1 is 1.22 bits per heavy atom. The zero-order valence-corrected chi connectivity index (χ0v) is 19.8. The average molecular weight is 519 g/mol. The molecule has 10 heteroatoms. The highest BCUT2D eigenvalue weighted by Gasteiger charge is 2.44. The Morgan fingerprint density at radius 3 is 2.59 bits per heavy atom. The van der Waals surface area contributed by atoms with Gasteiger partial charge in [0.2, 0.25) is 6.17 Å². The number of rotatable bonds is 5. The molecular weight excluding hydrogens is 498 g/mol. The minimum Gasteiger partial charge on any atom is -0.358 e. The number of alkyl halides is 1. The van der Waals surface area contributed by atoms with Crippen molar-refractivity contribution in [3.05, 3.63) is 86.8 Å². The number of fused-ring (bicyclic) bond motifs is 1. The van der Waals surface area contributed by atoms with E-state index >= 15 is 0 Å². The van der Waals surface area contributed by atoms with Crippen molar-refractivity contribution in [2.24, 2.45) is 4.99 Å². The lowest BCUT2D eigenvalue weighted by Gasteiger charge is -2.30. The minimum atomic E-state index is -0.980. The number of anilines is 1. The van der Waals surface area contributed by atoms with E-state index in [-0.39, 0.29) is 11.7 Å². The van der Waals surface area contributed by atoms with Crippen molar-refractivity contribution < 1.29 is 9.72 Å². The molecule has 2 aliphatic heterocycles. The molecule has 4 rings (SSSR count). The van der Waals surface area contributed by atoms with E-state index in [4.69, 9.17) is 16.6 Å². The highest BCUT2D eigenvalue weighted by atomic mass is 79.9. The summed E-state index contributed by atoms with van der Waals surface area (Å²) >= 11 is 9.65. The standard InChI is InChI=1S/C22H21BrClN5O3/c1-14-27(11-10-23)19(29(31)32)13-28(14)21-22(30)26(2)18-9-8-16(24)12-17(18)20(25-21)15-6-4-3-5-7-15/h3-9,12-14,21H,10-11H2,1-2H3. The van der Waals surface area contributed by atoms with Crippen molar-refractivity contribution in [1.29, 1.82) is 0 Å². The summed E-state index contributed by atoms with van der Waals surface area (Å²) in [7, 11) is 1.68. The number of hydrogen-bond acceptors (Lipinski definition) is 6. The number of amides is 1. The molecule has 0 radical (unpaired) electrons. The number of aliphatic imine (C=N–C) groups is 1. The van der Waals surface area contributed by atoms with Gasteiger partial charge in [-0.25, -0.2) is 9.89 Å². The topological polar surface area (TPSA) is 82.3 Å². The van der Waals surface area contributed by atoms with Gasteiger partial charge in [-0.3, -0.25) is 4.79 Å². The lowest BCUT2D eigenvalue weighted by atomic mass is 10.0. The van der Waals surface area contributed by atoms with Gasteiger partial charge < -0.3 is 19.9 Å². The van der Waals surface area contributed by atoms with Crippen molar-refractivity contribution in [2.75, 3.05) is 23.8 Å². The maximum atomic E-state index is 13.6. The Bertz CT molecular complexity index is 1120. The molecule has 2 aliphatic rings. The minimum absolute atomic E-state index is 0.0614. The highest BCUT2D eigenvalue weighted by Crippen LogP contribution is 2.33. The Balaban J connectivity index is 1.89. The van der Waals surface area contributed by atoms with Crippen LogP contribution in [-0.2, 0) is 4.79 Å². The predicted octanol–water partition coefficient (Wildman–Crippen LogP) is 3.91. The number of hydrogen-bond donors (Lipinski definition) is 0. The zero-order chi connectivity index (χ0) is 23.0. The summed E-state index contributed by atoms with van der Waals surface area (Å²) in [6.07, 6.45) is 0.00579. The molecular formula is C22H21BrClN5O3. The van der Waals surface area contributed by atoms with E-state index in [1.165, 1.54) is 11.1 Å². The number of likely N-dealkylation sites (N-methyl/N-ethyl adjacent to an activating group) is 1. The van der Waals surface area contributed by atoms with E-state index in [9.17, 15) is 14.9 Å². The molecule has 2 heterocycles. The lowest BCUT2D eigenvalue weighted by Crippen LogP contribution is -2.49. The van der Waals surface area contributed by atoms with E-state index in [2.05, 4.69) is 15.9 Å². The van der Waals surface area contributed by atoms with Crippen molar-refractivity contribution in [3.8, 4) is 0 Å². The molecule has 0 aliphatic carbocycles. The summed E-state index contributed by atoms with van der Waals surface area (Å²) in [4.78, 5) is 34.5. The maximum absolute atomic E-state index is 13.6. The summed E-state index contributed by atoms with van der Waals surface area (Å²) in [5.74, 6) is -0.348. The van der Waals surface area contributed by atoms with Crippen LogP contribution in [0, 0.1) is 10.1 Å². The van der Waals surface area contributed by atoms with Crippen LogP contribution in [0.1, 0.15) is 18.1 Å². The Hall–Kier alpha value is -2.91. The van der Waals surface area contributed by atoms with Crippen molar-refractivity contribution in [2.45, 2.75) is 19.3 Å². The van der Waals surface area contributed by atoms with Gasteiger partial charge in [-0.15, -0.1) is 0 Å². The highest BCUT2D eigenvalue weighted by molar-refractivity contribution is 9.09. The van der Waals surface area contributed by atoms with Crippen LogP contribution >= 0.6 is 27.5 Å². The van der Waals surface area contributed by atoms with E-state index in [0.29, 0.717) is 28.3 Å².